The number of nitrogens with zero attached hydrogens (tertiary/aromatic N) is 5. The average Bonchev–Trinajstić information content (AvgIpc) is 3.11. The molecule has 1 aromatic heterocycles. The summed E-state index contributed by atoms with van der Waals surface area (Å²) < 4.78 is 10.9. The van der Waals surface area contributed by atoms with Gasteiger partial charge in [0.25, 0.3) is 11.8 Å². The smallest absolute Gasteiger partial charge is 0.277 e. The summed E-state index contributed by atoms with van der Waals surface area (Å²) in [6, 6.07) is 9.12. The summed E-state index contributed by atoms with van der Waals surface area (Å²) in [6.45, 7) is 5.81. The SMILES string of the molecule is CCOCCCN1C(=O)C(c2ccccc2OC)=C(N2CCN(c3ncccn3)CC2)C1=O. The van der Waals surface area contributed by atoms with E-state index in [2.05, 4.69) is 14.9 Å². The highest BCUT2D eigenvalue weighted by molar-refractivity contribution is 6.36. The number of imide groups is 1. The average molecular weight is 452 g/mol. The lowest BCUT2D eigenvalue weighted by Gasteiger charge is -2.36. The molecule has 0 aliphatic carbocycles. The second-order valence-corrected chi connectivity index (χ2v) is 7.76. The van der Waals surface area contributed by atoms with Crippen molar-refractivity contribution in [3.8, 4) is 5.75 Å². The highest BCUT2D eigenvalue weighted by atomic mass is 16.5. The van der Waals surface area contributed by atoms with Gasteiger partial charge in [-0.25, -0.2) is 9.97 Å². The number of hydrogen-bond donors (Lipinski definition) is 0. The van der Waals surface area contributed by atoms with Gasteiger partial charge in [0, 0.05) is 63.9 Å². The highest BCUT2D eigenvalue weighted by Crippen LogP contribution is 2.36. The molecule has 0 bridgehead atoms. The number of methoxy groups -OCH3 is 1. The lowest BCUT2D eigenvalue weighted by molar-refractivity contribution is -0.137. The minimum Gasteiger partial charge on any atom is -0.496 e. The molecule has 174 valence electrons. The Hall–Kier alpha value is -3.46. The van der Waals surface area contributed by atoms with E-state index in [0.717, 1.165) is 0 Å². The van der Waals surface area contributed by atoms with Crippen molar-refractivity contribution in [1.82, 2.24) is 19.8 Å². The lowest BCUT2D eigenvalue weighted by Crippen LogP contribution is -2.48. The molecule has 0 saturated carbocycles. The largest absolute Gasteiger partial charge is 0.496 e. The molecule has 0 unspecified atom stereocenters. The molecule has 1 aromatic carbocycles. The molecule has 9 heteroatoms. The third-order valence-corrected chi connectivity index (χ3v) is 5.83. The van der Waals surface area contributed by atoms with Crippen LogP contribution in [-0.2, 0) is 14.3 Å². The Morgan fingerprint density at radius 3 is 2.33 bits per heavy atom. The molecule has 4 rings (SSSR count). The maximum absolute atomic E-state index is 13.5. The van der Waals surface area contributed by atoms with Gasteiger partial charge in [0.15, 0.2) is 0 Å². The van der Waals surface area contributed by atoms with Crippen LogP contribution in [0.25, 0.3) is 5.57 Å². The van der Waals surface area contributed by atoms with E-state index in [1.165, 1.54) is 4.90 Å². The van der Waals surface area contributed by atoms with Crippen molar-refractivity contribution in [3.63, 3.8) is 0 Å². The number of piperazine rings is 1. The van der Waals surface area contributed by atoms with Crippen LogP contribution in [0.1, 0.15) is 18.9 Å². The molecule has 2 aliphatic rings. The third kappa shape index (κ3) is 4.68. The fourth-order valence-corrected chi connectivity index (χ4v) is 4.21. The number of carbonyl (C=O) groups excluding carboxylic acids is 2. The molecular formula is C24H29N5O4. The maximum atomic E-state index is 13.5. The number of hydrogen-bond acceptors (Lipinski definition) is 8. The van der Waals surface area contributed by atoms with Gasteiger partial charge in [-0.05, 0) is 25.5 Å². The van der Waals surface area contributed by atoms with E-state index in [1.54, 1.807) is 31.6 Å². The zero-order valence-corrected chi connectivity index (χ0v) is 19.1. The first-order chi connectivity index (χ1) is 16.2. The summed E-state index contributed by atoms with van der Waals surface area (Å²) in [5.74, 6) is 0.688. The van der Waals surface area contributed by atoms with Crippen LogP contribution in [0.5, 0.6) is 5.75 Å². The molecule has 3 heterocycles. The van der Waals surface area contributed by atoms with Gasteiger partial charge in [0.2, 0.25) is 5.95 Å². The Morgan fingerprint density at radius 2 is 1.64 bits per heavy atom. The van der Waals surface area contributed by atoms with Crippen molar-refractivity contribution in [3.05, 3.63) is 54.0 Å². The monoisotopic (exact) mass is 451 g/mol. The van der Waals surface area contributed by atoms with Crippen molar-refractivity contribution < 1.29 is 19.1 Å². The van der Waals surface area contributed by atoms with E-state index < -0.39 is 0 Å². The topological polar surface area (TPSA) is 88.1 Å². The molecule has 2 amide bonds. The van der Waals surface area contributed by atoms with E-state index >= 15 is 0 Å². The van der Waals surface area contributed by atoms with Gasteiger partial charge < -0.3 is 19.3 Å². The summed E-state index contributed by atoms with van der Waals surface area (Å²) in [5, 5.41) is 0. The van der Waals surface area contributed by atoms with Crippen LogP contribution < -0.4 is 9.64 Å². The van der Waals surface area contributed by atoms with Crippen LogP contribution in [-0.4, -0.2) is 84.6 Å². The van der Waals surface area contributed by atoms with E-state index in [4.69, 9.17) is 9.47 Å². The summed E-state index contributed by atoms with van der Waals surface area (Å²) in [5.41, 5.74) is 1.47. The number of ether oxygens (including phenoxy) is 2. The molecule has 1 saturated heterocycles. The molecule has 2 aromatic rings. The zero-order valence-electron chi connectivity index (χ0n) is 19.1. The first-order valence-corrected chi connectivity index (χ1v) is 11.2. The fraction of sp³-hybridized carbons (Fsp3) is 0.417. The quantitative estimate of drug-likeness (QED) is 0.421. The number of aromatic nitrogens is 2. The molecule has 0 spiro atoms. The van der Waals surface area contributed by atoms with Crippen LogP contribution in [0.2, 0.25) is 0 Å². The number of anilines is 1. The predicted molar refractivity (Wildman–Crippen MR) is 124 cm³/mol. The molecule has 33 heavy (non-hydrogen) atoms. The van der Waals surface area contributed by atoms with Crippen LogP contribution in [0, 0.1) is 0 Å². The Morgan fingerprint density at radius 1 is 0.939 bits per heavy atom. The van der Waals surface area contributed by atoms with E-state index in [1.807, 2.05) is 30.0 Å². The minimum atomic E-state index is -0.287. The van der Waals surface area contributed by atoms with E-state index in [9.17, 15) is 9.59 Å². The molecular weight excluding hydrogens is 422 g/mol. The summed E-state index contributed by atoms with van der Waals surface area (Å²) >= 11 is 0. The van der Waals surface area contributed by atoms with Crippen LogP contribution in [0.3, 0.4) is 0 Å². The van der Waals surface area contributed by atoms with Crippen molar-refractivity contribution in [2.45, 2.75) is 13.3 Å². The molecule has 9 nitrogen and oxygen atoms in total. The van der Waals surface area contributed by atoms with E-state index in [0.29, 0.717) is 80.9 Å². The Labute approximate surface area is 193 Å². The maximum Gasteiger partial charge on any atom is 0.277 e. The van der Waals surface area contributed by atoms with Crippen molar-refractivity contribution in [2.24, 2.45) is 0 Å². The van der Waals surface area contributed by atoms with Gasteiger partial charge in [-0.2, -0.15) is 0 Å². The summed E-state index contributed by atoms with van der Waals surface area (Å²) in [6.07, 6.45) is 4.03. The predicted octanol–water partition coefficient (Wildman–Crippen LogP) is 1.81. The fourth-order valence-electron chi connectivity index (χ4n) is 4.21. The van der Waals surface area contributed by atoms with Crippen molar-refractivity contribution in [2.75, 3.05) is 57.9 Å². The van der Waals surface area contributed by atoms with Crippen LogP contribution >= 0.6 is 0 Å². The highest BCUT2D eigenvalue weighted by Gasteiger charge is 2.42. The van der Waals surface area contributed by atoms with Crippen LogP contribution in [0.4, 0.5) is 5.95 Å². The molecule has 0 N–H and O–H groups in total. The number of para-hydroxylation sites is 1. The molecule has 0 atom stereocenters. The first-order valence-electron chi connectivity index (χ1n) is 11.2. The molecule has 1 fully saturated rings. The summed E-state index contributed by atoms with van der Waals surface area (Å²) in [7, 11) is 1.57. The second kappa shape index (κ2) is 10.4. The van der Waals surface area contributed by atoms with Gasteiger partial charge in [0.05, 0.1) is 12.7 Å². The lowest BCUT2D eigenvalue weighted by atomic mass is 10.0. The van der Waals surface area contributed by atoms with Gasteiger partial charge >= 0.3 is 0 Å². The van der Waals surface area contributed by atoms with Crippen molar-refractivity contribution >= 4 is 23.3 Å². The number of benzene rings is 1. The first kappa shape index (κ1) is 22.7. The number of carbonyl (C=O) groups is 2. The third-order valence-electron chi connectivity index (χ3n) is 5.83. The van der Waals surface area contributed by atoms with E-state index in [-0.39, 0.29) is 11.8 Å². The van der Waals surface area contributed by atoms with Gasteiger partial charge in [-0.3, -0.25) is 14.5 Å². The van der Waals surface area contributed by atoms with Gasteiger partial charge in [-0.1, -0.05) is 18.2 Å². The van der Waals surface area contributed by atoms with Crippen molar-refractivity contribution in [1.29, 1.82) is 0 Å². The van der Waals surface area contributed by atoms with Crippen LogP contribution in [0.15, 0.2) is 48.4 Å². The molecule has 2 aliphatic heterocycles. The zero-order chi connectivity index (χ0) is 23.2. The number of rotatable bonds is 9. The second-order valence-electron chi connectivity index (χ2n) is 7.76. The Bertz CT molecular complexity index is 1020. The summed E-state index contributed by atoms with van der Waals surface area (Å²) in [4.78, 5) is 41.1. The Balaban J connectivity index is 1.62. The number of amides is 2. The van der Waals surface area contributed by atoms with Gasteiger partial charge in [0.1, 0.15) is 11.4 Å². The standard InChI is InChI=1S/C24H29N5O4/c1-3-33-17-7-12-29-22(30)20(18-8-4-5-9-19(18)32-2)21(23(29)31)27-13-15-28(16-14-27)24-25-10-6-11-26-24/h4-6,8-11H,3,7,12-17H2,1-2H3. The van der Waals surface area contributed by atoms with Gasteiger partial charge in [-0.15, -0.1) is 0 Å². The minimum absolute atomic E-state index is 0.262. The Kier molecular flexibility index (Phi) is 7.19. The normalized spacial score (nSPS) is 16.7. The molecule has 0 radical (unpaired) electrons.